The standard InChI is InChI=1S/C27H35N9OS/c1-17-16-34(3)11-12-36(17)22-14-18(35-9-7-30-8-10-35)13-20(31-22)25-32-26(37-33-25)27(2)6-4-5-21-23(27)19(15-28)24(29)38-21/h13-14,17,30H,4-12,16,29H2,1-3H3/t17-,27-/m0/s1. The lowest BCUT2D eigenvalue weighted by molar-refractivity contribution is 0.274. The Balaban J connectivity index is 1.40. The average Bonchev–Trinajstić information content (AvgIpc) is 3.55. The molecule has 2 saturated heterocycles. The number of fused-ring (bicyclic) bond motifs is 1. The van der Waals surface area contributed by atoms with Crippen LogP contribution in [0.2, 0.25) is 0 Å². The number of likely N-dealkylation sites (N-methyl/N-ethyl adjacent to an activating group) is 1. The highest BCUT2D eigenvalue weighted by Gasteiger charge is 2.43. The Morgan fingerprint density at radius 2 is 2.03 bits per heavy atom. The second-order valence-corrected chi connectivity index (χ2v) is 12.1. The van der Waals surface area contributed by atoms with Crippen LogP contribution in [-0.2, 0) is 11.8 Å². The van der Waals surface area contributed by atoms with Crippen LogP contribution in [0.3, 0.4) is 0 Å². The number of nitrogen functional groups attached to an aromatic ring is 1. The van der Waals surface area contributed by atoms with Crippen molar-refractivity contribution < 1.29 is 4.52 Å². The molecule has 0 saturated carbocycles. The number of pyridine rings is 1. The zero-order chi connectivity index (χ0) is 26.4. The second-order valence-electron chi connectivity index (χ2n) is 11.0. The second kappa shape index (κ2) is 9.84. The Kier molecular flexibility index (Phi) is 6.50. The van der Waals surface area contributed by atoms with E-state index in [9.17, 15) is 5.26 Å². The fourth-order valence-corrected chi connectivity index (χ4v) is 7.40. The van der Waals surface area contributed by atoms with E-state index in [0.717, 1.165) is 87.0 Å². The van der Waals surface area contributed by atoms with E-state index in [0.29, 0.717) is 34.0 Å². The molecule has 38 heavy (non-hydrogen) atoms. The van der Waals surface area contributed by atoms with Crippen molar-refractivity contribution in [3.8, 4) is 17.6 Å². The lowest BCUT2D eigenvalue weighted by Crippen LogP contribution is -2.51. The minimum absolute atomic E-state index is 0.348. The van der Waals surface area contributed by atoms with Crippen LogP contribution in [0.25, 0.3) is 11.5 Å². The summed E-state index contributed by atoms with van der Waals surface area (Å²) in [5.41, 5.74) is 9.02. The maximum Gasteiger partial charge on any atom is 0.237 e. The highest BCUT2D eigenvalue weighted by molar-refractivity contribution is 7.16. The van der Waals surface area contributed by atoms with E-state index in [2.05, 4.69) is 64.3 Å². The molecular formula is C27H35N9OS. The number of nitrogens with zero attached hydrogens (tertiary/aromatic N) is 7. The number of nitrogens with two attached hydrogens (primary N) is 1. The minimum atomic E-state index is -0.553. The normalized spacial score (nSPS) is 24.3. The van der Waals surface area contributed by atoms with Crippen molar-refractivity contribution in [2.75, 3.05) is 68.4 Å². The molecular weight excluding hydrogens is 498 g/mol. The van der Waals surface area contributed by atoms with Crippen LogP contribution in [-0.4, -0.2) is 78.9 Å². The number of anilines is 3. The molecule has 11 heteroatoms. The lowest BCUT2D eigenvalue weighted by Gasteiger charge is -2.39. The molecule has 0 amide bonds. The van der Waals surface area contributed by atoms with Gasteiger partial charge in [-0.3, -0.25) is 0 Å². The predicted molar refractivity (Wildman–Crippen MR) is 150 cm³/mol. The Morgan fingerprint density at radius 1 is 1.21 bits per heavy atom. The number of hydrogen-bond donors (Lipinski definition) is 2. The van der Waals surface area contributed by atoms with E-state index in [4.69, 9.17) is 20.2 Å². The molecule has 6 rings (SSSR count). The van der Waals surface area contributed by atoms with E-state index in [-0.39, 0.29) is 0 Å². The monoisotopic (exact) mass is 533 g/mol. The maximum absolute atomic E-state index is 9.86. The number of piperazine rings is 2. The fourth-order valence-electron chi connectivity index (χ4n) is 6.21. The van der Waals surface area contributed by atoms with Gasteiger partial charge in [-0.05, 0) is 46.2 Å². The Bertz CT molecular complexity index is 1370. The third-order valence-corrected chi connectivity index (χ3v) is 9.36. The smallest absolute Gasteiger partial charge is 0.237 e. The van der Waals surface area contributed by atoms with Gasteiger partial charge in [-0.1, -0.05) is 5.16 Å². The van der Waals surface area contributed by atoms with Crippen LogP contribution >= 0.6 is 11.3 Å². The van der Waals surface area contributed by atoms with E-state index < -0.39 is 5.41 Å². The number of nitriles is 1. The molecule has 0 unspecified atom stereocenters. The van der Waals surface area contributed by atoms with Gasteiger partial charge >= 0.3 is 0 Å². The molecule has 0 spiro atoms. The topological polar surface area (TPSA) is 123 Å². The molecule has 2 aliphatic heterocycles. The molecule has 200 valence electrons. The summed E-state index contributed by atoms with van der Waals surface area (Å²) in [6, 6.07) is 6.97. The zero-order valence-electron chi connectivity index (χ0n) is 22.3. The van der Waals surface area contributed by atoms with E-state index in [1.165, 1.54) is 11.3 Å². The highest BCUT2D eigenvalue weighted by Crippen LogP contribution is 2.48. The first-order valence-corrected chi connectivity index (χ1v) is 14.3. The summed E-state index contributed by atoms with van der Waals surface area (Å²) >= 11 is 1.51. The van der Waals surface area contributed by atoms with Crippen molar-refractivity contribution in [2.24, 2.45) is 0 Å². The molecule has 1 aliphatic carbocycles. The van der Waals surface area contributed by atoms with Gasteiger partial charge in [0.1, 0.15) is 22.6 Å². The Hall–Kier alpha value is -3.20. The summed E-state index contributed by atoms with van der Waals surface area (Å²) in [6.45, 7) is 11.0. The van der Waals surface area contributed by atoms with Crippen LogP contribution in [0.1, 0.15) is 48.6 Å². The van der Waals surface area contributed by atoms with Crippen LogP contribution in [0, 0.1) is 11.3 Å². The minimum Gasteiger partial charge on any atom is -0.389 e. The van der Waals surface area contributed by atoms with Gasteiger partial charge in [-0.15, -0.1) is 11.3 Å². The molecule has 2 fully saturated rings. The maximum atomic E-state index is 9.86. The van der Waals surface area contributed by atoms with Crippen LogP contribution in [0.5, 0.6) is 0 Å². The number of hydrogen-bond acceptors (Lipinski definition) is 11. The zero-order valence-corrected chi connectivity index (χ0v) is 23.1. The van der Waals surface area contributed by atoms with Crippen molar-refractivity contribution >= 4 is 27.8 Å². The number of nitrogens with one attached hydrogen (secondary N) is 1. The SMILES string of the molecule is C[C@H]1CN(C)CCN1c1cc(N2CCNCC2)cc(-c2noc([C@@]3(C)CCCc4sc(N)c(C#N)c43)n2)n1. The number of rotatable bonds is 4. The molecule has 5 heterocycles. The van der Waals surface area contributed by atoms with Gasteiger partial charge in [0.05, 0.1) is 11.0 Å². The predicted octanol–water partition coefficient (Wildman–Crippen LogP) is 2.84. The van der Waals surface area contributed by atoms with E-state index in [1.54, 1.807) is 0 Å². The quantitative estimate of drug-likeness (QED) is 0.517. The number of aryl methyl sites for hydroxylation is 1. The van der Waals surface area contributed by atoms with Gasteiger partial charge in [0, 0.05) is 74.0 Å². The van der Waals surface area contributed by atoms with Gasteiger partial charge < -0.3 is 30.3 Å². The third-order valence-electron chi connectivity index (χ3n) is 8.28. The molecule has 3 aromatic heterocycles. The first kappa shape index (κ1) is 25.1. The molecule has 3 aromatic rings. The van der Waals surface area contributed by atoms with Crippen molar-refractivity contribution in [3.63, 3.8) is 0 Å². The highest BCUT2D eigenvalue weighted by atomic mass is 32.1. The van der Waals surface area contributed by atoms with E-state index >= 15 is 0 Å². The fraction of sp³-hybridized carbons (Fsp3) is 0.556. The number of thiophene rings is 1. The third kappa shape index (κ3) is 4.30. The summed E-state index contributed by atoms with van der Waals surface area (Å²) in [6.07, 6.45) is 2.72. The van der Waals surface area contributed by atoms with Crippen LogP contribution in [0.15, 0.2) is 16.7 Å². The van der Waals surface area contributed by atoms with Crippen molar-refractivity contribution in [1.29, 1.82) is 5.26 Å². The average molecular weight is 534 g/mol. The van der Waals surface area contributed by atoms with Crippen LogP contribution < -0.4 is 20.9 Å². The summed E-state index contributed by atoms with van der Waals surface area (Å²) in [5.74, 6) is 1.95. The van der Waals surface area contributed by atoms with E-state index in [1.807, 2.05) is 0 Å². The van der Waals surface area contributed by atoms with Gasteiger partial charge in [0.25, 0.3) is 0 Å². The summed E-state index contributed by atoms with van der Waals surface area (Å²) in [5, 5.41) is 18.3. The Labute approximate surface area is 227 Å². The Morgan fingerprint density at radius 3 is 2.79 bits per heavy atom. The molecule has 0 bridgehead atoms. The lowest BCUT2D eigenvalue weighted by atomic mass is 9.72. The largest absolute Gasteiger partial charge is 0.389 e. The molecule has 10 nitrogen and oxygen atoms in total. The van der Waals surface area contributed by atoms with Gasteiger partial charge in [-0.25, -0.2) is 4.98 Å². The molecule has 0 radical (unpaired) electrons. The molecule has 0 aromatic carbocycles. The molecule has 2 atom stereocenters. The van der Waals surface area contributed by atoms with Gasteiger partial charge in [0.15, 0.2) is 0 Å². The summed E-state index contributed by atoms with van der Waals surface area (Å²) in [4.78, 5) is 18.3. The first-order valence-electron chi connectivity index (χ1n) is 13.5. The van der Waals surface area contributed by atoms with Gasteiger partial charge in [0.2, 0.25) is 11.7 Å². The molecule has 3 N–H and O–H groups in total. The number of aromatic nitrogens is 3. The first-order chi connectivity index (χ1) is 18.4. The summed E-state index contributed by atoms with van der Waals surface area (Å²) < 4.78 is 5.94. The van der Waals surface area contributed by atoms with Crippen LogP contribution in [0.4, 0.5) is 16.5 Å². The van der Waals surface area contributed by atoms with Crippen molar-refractivity contribution in [1.82, 2.24) is 25.3 Å². The van der Waals surface area contributed by atoms with Gasteiger partial charge in [-0.2, -0.15) is 10.2 Å². The van der Waals surface area contributed by atoms with Crippen molar-refractivity contribution in [3.05, 3.63) is 34.0 Å². The summed E-state index contributed by atoms with van der Waals surface area (Å²) in [7, 11) is 2.17. The van der Waals surface area contributed by atoms with Crippen molar-refractivity contribution in [2.45, 2.75) is 44.6 Å². The molecule has 3 aliphatic rings.